The van der Waals surface area contributed by atoms with Gasteiger partial charge < -0.3 is 10.1 Å². The number of hydrazine groups is 1. The maximum atomic E-state index is 13.6. The molecule has 1 saturated heterocycles. The van der Waals surface area contributed by atoms with Gasteiger partial charge in [0.05, 0.1) is 18.0 Å². The monoisotopic (exact) mass is 446 g/mol. The minimum Gasteiger partial charge on any atom is -0.492 e. The van der Waals surface area contributed by atoms with E-state index in [1.165, 1.54) is 4.31 Å². The van der Waals surface area contributed by atoms with Gasteiger partial charge in [0.2, 0.25) is 15.9 Å². The molecule has 1 heterocycles. The molecule has 3 N–H and O–H groups in total. The van der Waals surface area contributed by atoms with Crippen LogP contribution in [0.3, 0.4) is 0 Å². The molecule has 0 bridgehead atoms. The molecule has 1 amide bonds. The highest BCUT2D eigenvalue weighted by molar-refractivity contribution is 7.93. The van der Waals surface area contributed by atoms with Crippen molar-refractivity contribution in [2.45, 2.75) is 45.0 Å². The largest absolute Gasteiger partial charge is 0.492 e. The van der Waals surface area contributed by atoms with Crippen LogP contribution in [0.25, 0.3) is 0 Å². The van der Waals surface area contributed by atoms with Crippen LogP contribution in [0.5, 0.6) is 5.75 Å². The van der Waals surface area contributed by atoms with Crippen LogP contribution in [0.4, 0.5) is 11.4 Å². The fourth-order valence-electron chi connectivity index (χ4n) is 3.73. The van der Waals surface area contributed by atoms with E-state index in [-0.39, 0.29) is 18.6 Å². The van der Waals surface area contributed by atoms with Crippen molar-refractivity contribution in [2.75, 3.05) is 22.8 Å². The van der Waals surface area contributed by atoms with Crippen molar-refractivity contribution in [3.05, 3.63) is 54.1 Å². The molecule has 0 saturated carbocycles. The first-order valence-corrected chi connectivity index (χ1v) is 11.8. The molecule has 0 radical (unpaired) electrons. The molecule has 8 nitrogen and oxygen atoms in total. The molecule has 2 aromatic carbocycles. The van der Waals surface area contributed by atoms with Crippen LogP contribution in [0.2, 0.25) is 0 Å². The first kappa shape index (κ1) is 23.1. The van der Waals surface area contributed by atoms with Crippen LogP contribution in [0.15, 0.2) is 48.5 Å². The zero-order chi connectivity index (χ0) is 22.6. The quantitative estimate of drug-likeness (QED) is 0.576. The standard InChI is InChI=1S/C22H30N4O4S/c1-5-30-20-9-7-6-8-19(20)23-21(27)14-26(18-12-10-15(2)11-13-18)31(28,29)22-16(3)24-25-17(22)4/h6-13,16-17,22,24-25H,5,14H2,1-4H3,(H,23,27). The molecule has 2 unspecified atom stereocenters. The Morgan fingerprint density at radius 3 is 2.29 bits per heavy atom. The first-order chi connectivity index (χ1) is 14.7. The van der Waals surface area contributed by atoms with Crippen LogP contribution >= 0.6 is 0 Å². The molecule has 0 aliphatic carbocycles. The third kappa shape index (κ3) is 5.17. The number of carbonyl (C=O) groups excluding carboxylic acids is 1. The molecule has 3 rings (SSSR count). The molecule has 2 aromatic rings. The Hall–Kier alpha value is -2.62. The molecule has 0 aromatic heterocycles. The number of carbonyl (C=O) groups is 1. The second-order valence-electron chi connectivity index (χ2n) is 7.70. The van der Waals surface area contributed by atoms with Crippen molar-refractivity contribution in [1.82, 2.24) is 10.9 Å². The van der Waals surface area contributed by atoms with E-state index in [0.29, 0.717) is 23.7 Å². The van der Waals surface area contributed by atoms with Gasteiger partial charge in [0, 0.05) is 12.1 Å². The number of aryl methyl sites for hydroxylation is 1. The average Bonchev–Trinajstić information content (AvgIpc) is 3.07. The second kappa shape index (κ2) is 9.67. The molecule has 2 atom stereocenters. The Balaban J connectivity index is 1.90. The van der Waals surface area contributed by atoms with Gasteiger partial charge in [-0.25, -0.2) is 8.42 Å². The zero-order valence-corrected chi connectivity index (χ0v) is 19.1. The molecular weight excluding hydrogens is 416 g/mol. The van der Waals surface area contributed by atoms with E-state index in [1.54, 1.807) is 30.3 Å². The third-order valence-electron chi connectivity index (χ3n) is 5.25. The molecular formula is C22H30N4O4S. The second-order valence-corrected chi connectivity index (χ2v) is 9.71. The summed E-state index contributed by atoms with van der Waals surface area (Å²) in [5.74, 6) is 0.0880. The van der Waals surface area contributed by atoms with Gasteiger partial charge >= 0.3 is 0 Å². The molecule has 0 spiro atoms. The number of hydrogen-bond donors (Lipinski definition) is 3. The van der Waals surface area contributed by atoms with Gasteiger partial charge in [0.25, 0.3) is 0 Å². The highest BCUT2D eigenvalue weighted by atomic mass is 32.2. The van der Waals surface area contributed by atoms with Crippen molar-refractivity contribution in [1.29, 1.82) is 0 Å². The zero-order valence-electron chi connectivity index (χ0n) is 18.3. The molecule has 1 fully saturated rings. The van der Waals surface area contributed by atoms with Gasteiger partial charge in [-0.15, -0.1) is 0 Å². The van der Waals surface area contributed by atoms with Gasteiger partial charge in [0.15, 0.2) is 0 Å². The fourth-order valence-corrected chi connectivity index (χ4v) is 5.91. The fraction of sp³-hybridized carbons (Fsp3) is 0.409. The smallest absolute Gasteiger partial charge is 0.245 e. The predicted octanol–water partition coefficient (Wildman–Crippen LogP) is 2.42. The summed E-state index contributed by atoms with van der Waals surface area (Å²) in [6, 6.07) is 13.6. The first-order valence-electron chi connectivity index (χ1n) is 10.3. The van der Waals surface area contributed by atoms with Crippen molar-refractivity contribution < 1.29 is 17.9 Å². The van der Waals surface area contributed by atoms with Crippen molar-refractivity contribution in [2.24, 2.45) is 0 Å². The Bertz CT molecular complexity index is 1000. The number of amides is 1. The number of rotatable bonds is 8. The minimum absolute atomic E-state index is 0.310. The van der Waals surface area contributed by atoms with E-state index in [2.05, 4.69) is 16.2 Å². The number of nitrogens with one attached hydrogen (secondary N) is 3. The Morgan fingerprint density at radius 1 is 1.06 bits per heavy atom. The molecule has 1 aliphatic heterocycles. The van der Waals surface area contributed by atoms with E-state index >= 15 is 0 Å². The van der Waals surface area contributed by atoms with Crippen molar-refractivity contribution in [3.63, 3.8) is 0 Å². The van der Waals surface area contributed by atoms with Crippen molar-refractivity contribution >= 4 is 27.3 Å². The normalized spacial score (nSPS) is 21.0. The van der Waals surface area contributed by atoms with E-state index in [0.717, 1.165) is 5.56 Å². The van der Waals surface area contributed by atoms with Crippen LogP contribution in [0.1, 0.15) is 26.3 Å². The maximum Gasteiger partial charge on any atom is 0.245 e. The maximum absolute atomic E-state index is 13.6. The van der Waals surface area contributed by atoms with Gasteiger partial charge in [0.1, 0.15) is 17.5 Å². The van der Waals surface area contributed by atoms with E-state index in [4.69, 9.17) is 4.74 Å². The number of anilines is 2. The number of hydrogen-bond acceptors (Lipinski definition) is 6. The van der Waals surface area contributed by atoms with Crippen molar-refractivity contribution in [3.8, 4) is 5.75 Å². The topological polar surface area (TPSA) is 99.8 Å². The Labute approximate surface area is 184 Å². The summed E-state index contributed by atoms with van der Waals surface area (Å²) in [6.45, 7) is 7.51. The summed E-state index contributed by atoms with van der Waals surface area (Å²) in [7, 11) is -3.86. The van der Waals surface area contributed by atoms with Gasteiger partial charge in [-0.3, -0.25) is 20.0 Å². The van der Waals surface area contributed by atoms with E-state index in [1.807, 2.05) is 45.9 Å². The summed E-state index contributed by atoms with van der Waals surface area (Å²) < 4.78 is 34.0. The van der Waals surface area contributed by atoms with Gasteiger partial charge in [-0.2, -0.15) is 0 Å². The lowest BCUT2D eigenvalue weighted by Crippen LogP contribution is -2.49. The molecule has 168 valence electrons. The summed E-state index contributed by atoms with van der Waals surface area (Å²) in [5.41, 5.74) is 7.92. The SMILES string of the molecule is CCOc1ccccc1NC(=O)CN(c1ccc(C)cc1)S(=O)(=O)C1C(C)NNC1C. The Kier molecular flexibility index (Phi) is 7.19. The number of benzene rings is 2. The van der Waals surface area contributed by atoms with E-state index < -0.39 is 21.2 Å². The van der Waals surface area contributed by atoms with E-state index in [9.17, 15) is 13.2 Å². The van der Waals surface area contributed by atoms with Gasteiger partial charge in [-0.05, 0) is 52.0 Å². The molecule has 9 heteroatoms. The summed E-state index contributed by atoms with van der Waals surface area (Å²) in [5, 5.41) is 2.07. The summed E-state index contributed by atoms with van der Waals surface area (Å²) in [4.78, 5) is 12.9. The molecule has 1 aliphatic rings. The Morgan fingerprint density at radius 2 is 1.68 bits per heavy atom. The lowest BCUT2D eigenvalue weighted by molar-refractivity contribution is -0.114. The highest BCUT2D eigenvalue weighted by Crippen LogP contribution is 2.27. The third-order valence-corrected chi connectivity index (χ3v) is 7.70. The molecule has 31 heavy (non-hydrogen) atoms. The number of sulfonamides is 1. The van der Waals surface area contributed by atoms with Crippen LogP contribution in [-0.2, 0) is 14.8 Å². The highest BCUT2D eigenvalue weighted by Gasteiger charge is 2.44. The number of nitrogens with zero attached hydrogens (tertiary/aromatic N) is 1. The summed E-state index contributed by atoms with van der Waals surface area (Å²) >= 11 is 0. The number of para-hydroxylation sites is 2. The lowest BCUT2D eigenvalue weighted by Gasteiger charge is -2.30. The number of ether oxygens (including phenoxy) is 1. The average molecular weight is 447 g/mol. The van der Waals surface area contributed by atoms with Gasteiger partial charge in [-0.1, -0.05) is 29.8 Å². The minimum atomic E-state index is -3.86. The van der Waals surface area contributed by atoms with Crippen LogP contribution in [0, 0.1) is 6.92 Å². The summed E-state index contributed by atoms with van der Waals surface area (Å²) in [6.07, 6.45) is 0. The van der Waals surface area contributed by atoms with Crippen LogP contribution in [-0.4, -0.2) is 44.8 Å². The lowest BCUT2D eigenvalue weighted by atomic mass is 10.2. The predicted molar refractivity (Wildman–Crippen MR) is 123 cm³/mol. The van der Waals surface area contributed by atoms with Crippen LogP contribution < -0.4 is 25.2 Å².